The number of ether oxygens (including phenoxy) is 3. The highest BCUT2D eigenvalue weighted by molar-refractivity contribution is 6.31. The predicted octanol–water partition coefficient (Wildman–Crippen LogP) is 6.27. The van der Waals surface area contributed by atoms with E-state index in [0.29, 0.717) is 42.9 Å². The molecule has 1 saturated carbocycles. The van der Waals surface area contributed by atoms with Crippen LogP contribution in [0.4, 0.5) is 9.59 Å². The highest BCUT2D eigenvalue weighted by Crippen LogP contribution is 2.23. The average Bonchev–Trinajstić information content (AvgIpc) is 3.86. The van der Waals surface area contributed by atoms with Gasteiger partial charge >= 0.3 is 24.1 Å². The van der Waals surface area contributed by atoms with Crippen molar-refractivity contribution >= 4 is 65.3 Å². The number of amides is 7. The summed E-state index contributed by atoms with van der Waals surface area (Å²) in [5, 5.41) is 18.5. The summed E-state index contributed by atoms with van der Waals surface area (Å²) in [6.07, 6.45) is 6.95. The number of halogens is 1. The molecular weight excluding hydrogens is 1020 g/mol. The topological polar surface area (TPSA) is 269 Å². The smallest absolute Gasteiger partial charge is 0.408 e. The Bertz CT molecular complexity index is 2130. The van der Waals surface area contributed by atoms with Gasteiger partial charge in [-0.15, -0.1) is 5.06 Å². The van der Waals surface area contributed by atoms with E-state index >= 15 is 0 Å². The van der Waals surface area contributed by atoms with Crippen LogP contribution < -0.4 is 31.9 Å². The third kappa shape index (κ3) is 23.4. The van der Waals surface area contributed by atoms with Crippen LogP contribution in [0.15, 0.2) is 24.3 Å². The Morgan fingerprint density at radius 1 is 0.662 bits per heavy atom. The fourth-order valence-corrected chi connectivity index (χ4v) is 9.61. The van der Waals surface area contributed by atoms with Crippen LogP contribution in [0.5, 0.6) is 0 Å². The maximum Gasteiger partial charge on any atom is 0.408 e. The molecule has 0 spiro atoms. The molecule has 2 aliphatic heterocycles. The number of benzene rings is 1. The second-order valence-corrected chi connectivity index (χ2v) is 22.7. The van der Waals surface area contributed by atoms with Gasteiger partial charge < -0.3 is 55.8 Å². The molecule has 432 valence electrons. The van der Waals surface area contributed by atoms with Gasteiger partial charge in [0.25, 0.3) is 0 Å². The van der Waals surface area contributed by atoms with E-state index in [4.69, 9.17) is 30.6 Å². The lowest BCUT2D eigenvalue weighted by Crippen LogP contribution is -2.59. The molecule has 4 rings (SSSR count). The van der Waals surface area contributed by atoms with Gasteiger partial charge in [-0.2, -0.15) is 0 Å². The Labute approximate surface area is 459 Å². The van der Waals surface area contributed by atoms with Crippen LogP contribution in [0.2, 0.25) is 5.02 Å². The summed E-state index contributed by atoms with van der Waals surface area (Å²) in [6, 6.07) is 0.134. The SMILES string of the molecule is CC(C)C[C@H](NC(=O)[C@H](CCC(=O)OC1CCCCC1)NC(=O)[C@@H]1CCCN1C(=O)[C@@H](C)NC(=O)OC(C)(C)C)C(=O)N[C@@H](CC(C)C)C(=O)N[C@@H](CCCCNC(=O)OCc1ccccc1Cl)C(=O)ON1CCCCC1. The largest absolute Gasteiger partial charge is 0.462 e. The zero-order chi connectivity index (χ0) is 56.7. The number of alkyl carbamates (subject to hydrolysis) is 2. The van der Waals surface area contributed by atoms with Crippen molar-refractivity contribution in [2.24, 2.45) is 11.8 Å². The van der Waals surface area contributed by atoms with Gasteiger partial charge in [0.2, 0.25) is 29.5 Å². The number of hydrogen-bond acceptors (Lipinski definition) is 14. The number of unbranched alkanes of at least 4 members (excludes halogenated alkanes) is 1. The highest BCUT2D eigenvalue weighted by atomic mass is 35.5. The van der Waals surface area contributed by atoms with E-state index in [1.807, 2.05) is 27.7 Å². The fraction of sp³-hybridized carbons (Fsp3) is 0.727. The minimum absolute atomic E-state index is 0.0130. The molecule has 2 saturated heterocycles. The number of nitrogens with zero attached hydrogens (tertiary/aromatic N) is 2. The lowest BCUT2D eigenvalue weighted by molar-refractivity contribution is -0.197. The van der Waals surface area contributed by atoms with Crippen molar-refractivity contribution in [1.29, 1.82) is 0 Å². The fourth-order valence-electron chi connectivity index (χ4n) is 9.42. The Kier molecular flexibility index (Phi) is 26.7. The lowest BCUT2D eigenvalue weighted by atomic mass is 9.98. The van der Waals surface area contributed by atoms with E-state index in [1.165, 1.54) is 11.8 Å². The van der Waals surface area contributed by atoms with Crippen LogP contribution in [-0.4, -0.2) is 138 Å². The van der Waals surface area contributed by atoms with Gasteiger partial charge in [-0.05, 0) is 135 Å². The van der Waals surface area contributed by atoms with E-state index in [-0.39, 0.29) is 76.2 Å². The van der Waals surface area contributed by atoms with Gasteiger partial charge in [0.05, 0.1) is 0 Å². The number of rotatable bonds is 27. The number of piperidine rings is 1. The summed E-state index contributed by atoms with van der Waals surface area (Å²) in [5.74, 6) is -4.75. The summed E-state index contributed by atoms with van der Waals surface area (Å²) < 4.78 is 16.4. The molecule has 0 aromatic heterocycles. The molecule has 2 heterocycles. The Hall–Kier alpha value is -5.70. The first-order valence-electron chi connectivity index (χ1n) is 27.8. The molecule has 1 aliphatic carbocycles. The molecule has 22 heteroatoms. The minimum Gasteiger partial charge on any atom is -0.462 e. The van der Waals surface area contributed by atoms with E-state index in [0.717, 1.165) is 51.4 Å². The van der Waals surface area contributed by atoms with Crippen molar-refractivity contribution in [2.45, 2.75) is 219 Å². The van der Waals surface area contributed by atoms with E-state index in [1.54, 1.807) is 50.1 Å². The molecule has 1 aromatic carbocycles. The van der Waals surface area contributed by atoms with Crippen molar-refractivity contribution in [2.75, 3.05) is 26.2 Å². The van der Waals surface area contributed by atoms with Crippen LogP contribution in [0.25, 0.3) is 0 Å². The van der Waals surface area contributed by atoms with Gasteiger partial charge in [-0.25, -0.2) is 14.4 Å². The number of nitrogens with one attached hydrogen (secondary N) is 6. The normalized spacial score (nSPS) is 18.2. The first kappa shape index (κ1) is 63.8. The molecular formula is C55H87ClN8O13. The van der Waals surface area contributed by atoms with Crippen LogP contribution in [0, 0.1) is 11.8 Å². The zero-order valence-corrected chi connectivity index (χ0v) is 47.4. The van der Waals surface area contributed by atoms with Gasteiger partial charge in [0.15, 0.2) is 0 Å². The van der Waals surface area contributed by atoms with Crippen molar-refractivity contribution in [3.63, 3.8) is 0 Å². The van der Waals surface area contributed by atoms with Crippen LogP contribution >= 0.6 is 11.6 Å². The summed E-state index contributed by atoms with van der Waals surface area (Å²) >= 11 is 6.18. The van der Waals surface area contributed by atoms with Gasteiger partial charge in [0, 0.05) is 43.2 Å². The van der Waals surface area contributed by atoms with E-state index < -0.39 is 95.5 Å². The number of hydrogen-bond donors (Lipinski definition) is 6. The third-order valence-electron chi connectivity index (χ3n) is 13.4. The Morgan fingerprint density at radius 2 is 1.26 bits per heavy atom. The summed E-state index contributed by atoms with van der Waals surface area (Å²) in [6.45, 7) is 15.5. The van der Waals surface area contributed by atoms with Gasteiger partial charge in [0.1, 0.15) is 54.6 Å². The van der Waals surface area contributed by atoms with Crippen molar-refractivity contribution in [3.05, 3.63) is 34.9 Å². The van der Waals surface area contributed by atoms with Crippen LogP contribution in [-0.2, 0) is 59.2 Å². The van der Waals surface area contributed by atoms with Gasteiger partial charge in [-0.1, -0.05) is 70.3 Å². The first-order chi connectivity index (χ1) is 36.5. The molecule has 1 aromatic rings. The van der Waals surface area contributed by atoms with Crippen LogP contribution in [0.1, 0.15) is 170 Å². The first-order valence-corrected chi connectivity index (χ1v) is 28.2. The van der Waals surface area contributed by atoms with Gasteiger partial charge in [-0.3, -0.25) is 28.8 Å². The maximum atomic E-state index is 14.5. The van der Waals surface area contributed by atoms with Crippen molar-refractivity contribution < 1.29 is 62.2 Å². The zero-order valence-electron chi connectivity index (χ0n) is 46.6. The molecule has 3 fully saturated rings. The second kappa shape index (κ2) is 32.3. The molecule has 7 amide bonds. The molecule has 6 N–H and O–H groups in total. The highest BCUT2D eigenvalue weighted by Gasteiger charge is 2.39. The average molecular weight is 1100 g/mol. The second-order valence-electron chi connectivity index (χ2n) is 22.3. The maximum absolute atomic E-state index is 14.5. The molecule has 0 radical (unpaired) electrons. The predicted molar refractivity (Wildman–Crippen MR) is 287 cm³/mol. The number of esters is 1. The van der Waals surface area contributed by atoms with Crippen LogP contribution in [0.3, 0.4) is 0 Å². The Morgan fingerprint density at radius 3 is 1.87 bits per heavy atom. The molecule has 0 bridgehead atoms. The van der Waals surface area contributed by atoms with Crippen molar-refractivity contribution in [1.82, 2.24) is 41.9 Å². The summed E-state index contributed by atoms with van der Waals surface area (Å²) in [7, 11) is 0. The quantitative estimate of drug-likeness (QED) is 0.0322. The molecule has 77 heavy (non-hydrogen) atoms. The van der Waals surface area contributed by atoms with E-state index in [9.17, 15) is 43.2 Å². The standard InChI is InChI=1S/C55H87ClN8O13/c1-35(2)32-43(48(67)60-42(52(71)77-63-29-17-10-18-30-63)24-15-16-28-57-53(72)74-34-38-20-13-14-23-40(38)56)62-49(68)44(33-36(3)4)61-47(66)41(26-27-46(65)75-39-21-11-9-12-22-39)59-50(69)45-25-19-31-64(45)51(70)37(5)58-54(73)76-55(6,7)8/h13-14,20,23,35-37,39,41-45H,9-12,15-19,21-22,24-34H2,1-8H3,(H,57,72)(H,58,73)(H,59,69)(H,60,67)(H,61,66)(H,62,68)/t37-,41+,42+,43+,44+,45+/m1/s1. The molecule has 3 aliphatic rings. The number of carbonyl (C=O) groups is 9. The van der Waals surface area contributed by atoms with Crippen molar-refractivity contribution in [3.8, 4) is 0 Å². The summed E-state index contributed by atoms with van der Waals surface area (Å²) in [4.78, 5) is 130. The third-order valence-corrected chi connectivity index (χ3v) is 13.8. The minimum atomic E-state index is -1.35. The lowest BCUT2D eigenvalue weighted by Gasteiger charge is -2.30. The summed E-state index contributed by atoms with van der Waals surface area (Å²) in [5.41, 5.74) is -0.154. The number of carbonyl (C=O) groups excluding carboxylic acids is 9. The molecule has 21 nitrogen and oxygen atoms in total. The monoisotopic (exact) mass is 1100 g/mol. The number of likely N-dealkylation sites (tertiary alicyclic amines) is 1. The molecule has 6 atom stereocenters. The Balaban J connectivity index is 1.47. The molecule has 0 unspecified atom stereocenters. The number of hydroxylamine groups is 2. The van der Waals surface area contributed by atoms with E-state index in [2.05, 4.69) is 31.9 Å².